The van der Waals surface area contributed by atoms with Gasteiger partial charge in [0.1, 0.15) is 0 Å². The maximum Gasteiger partial charge on any atom is 0.266 e. The van der Waals surface area contributed by atoms with Crippen LogP contribution in [0, 0.1) is 0 Å². The first-order valence-electron chi connectivity index (χ1n) is 37.2. The Bertz CT molecular complexity index is 5580. The highest BCUT2D eigenvalue weighted by atomic mass is 16.2. The van der Waals surface area contributed by atoms with E-state index in [9.17, 15) is 0 Å². The minimum atomic E-state index is -0.293. The van der Waals surface area contributed by atoms with Crippen molar-refractivity contribution in [2.75, 3.05) is 4.90 Å². The molecule has 12 aromatic rings. The van der Waals surface area contributed by atoms with Crippen LogP contribution in [0.4, 0.5) is 5.69 Å². The molecular weight excluding hydrogens is 1260 g/mol. The van der Waals surface area contributed by atoms with Crippen LogP contribution in [0.3, 0.4) is 0 Å². The molecular formula is C96H99N5O2. The standard InChI is InChI=1S/C96H99N5O2/c1-52(2)63-25-23-26-64(53(3)4)88(63)101-89(102)71-33-31-68-65-27-24-28-66-70(30-29-67(84(65)66)69-32-34-72(90(101)103)86(71)85(68)69)87-79-41-39-77(99-79)82(55-45-59(93(11,12)13)50-60(46-55)94(14,15)16)75-37-35-73(97-75)81(54-43-57(91(5,6)7)49-58(44-54)92(8,9)10)74-36-38-76(98-74)83(78-40-42-80(87)100-78)56-47-61(95(17,18)19)51-62(48-56)96(20,21)22/h23-53,97,100H,1-22H3. The third-order valence-corrected chi connectivity index (χ3v) is 22.1. The fourth-order valence-electron chi connectivity index (χ4n) is 16.0. The van der Waals surface area contributed by atoms with Crippen LogP contribution in [-0.4, -0.2) is 31.8 Å². The Hall–Kier alpha value is -9.98. The lowest BCUT2D eigenvalue weighted by molar-refractivity contribution is 0.0892. The van der Waals surface area contributed by atoms with Crippen LogP contribution in [0.15, 0.2) is 152 Å². The Morgan fingerprint density at radius 3 is 0.942 bits per heavy atom. The third kappa shape index (κ3) is 11.6. The number of H-pyrrole nitrogens is 2. The molecule has 3 aliphatic heterocycles. The molecule has 0 aliphatic carbocycles. The average Bonchev–Trinajstić information content (AvgIpc) is 1.05. The van der Waals surface area contributed by atoms with Crippen LogP contribution < -0.4 is 4.90 Å². The molecule has 15 rings (SSSR count). The van der Waals surface area contributed by atoms with E-state index in [0.717, 1.165) is 138 Å². The van der Waals surface area contributed by atoms with Gasteiger partial charge in [-0.05, 0) is 209 Å². The number of aromatic nitrogens is 4. The highest BCUT2D eigenvalue weighted by Crippen LogP contribution is 2.51. The van der Waals surface area contributed by atoms with Crippen LogP contribution in [0.5, 0.6) is 0 Å². The van der Waals surface area contributed by atoms with Gasteiger partial charge >= 0.3 is 0 Å². The molecule has 520 valence electrons. The summed E-state index contributed by atoms with van der Waals surface area (Å²) < 4.78 is 0. The number of carbonyl (C=O) groups excluding carboxylic acids is 2. The molecule has 2 amide bonds. The lowest BCUT2D eigenvalue weighted by Crippen LogP contribution is -2.41. The smallest absolute Gasteiger partial charge is 0.266 e. The number of carbonyl (C=O) groups is 2. The van der Waals surface area contributed by atoms with Gasteiger partial charge in [0.15, 0.2) is 0 Å². The highest BCUT2D eigenvalue weighted by molar-refractivity contribution is 6.43. The maximum atomic E-state index is 15.4. The van der Waals surface area contributed by atoms with Crippen LogP contribution in [-0.2, 0) is 32.5 Å². The number of amides is 2. The Morgan fingerprint density at radius 1 is 0.311 bits per heavy atom. The van der Waals surface area contributed by atoms with Gasteiger partial charge < -0.3 is 9.97 Å². The number of rotatable bonds is 7. The molecule has 0 fully saturated rings. The van der Waals surface area contributed by atoms with Crippen LogP contribution in [0.2, 0.25) is 0 Å². The van der Waals surface area contributed by atoms with Gasteiger partial charge in [-0.3, -0.25) is 9.59 Å². The number of fused-ring (bicyclic) bond motifs is 10. The van der Waals surface area contributed by atoms with Gasteiger partial charge in [0, 0.05) is 60.8 Å². The van der Waals surface area contributed by atoms with Gasteiger partial charge in [-0.25, -0.2) is 14.9 Å². The molecule has 0 unspecified atom stereocenters. The molecule has 7 heteroatoms. The number of benzene rings is 9. The maximum absolute atomic E-state index is 15.4. The fraction of sp³-hybridized carbons (Fsp3) is 0.312. The Balaban J connectivity index is 1.07. The second kappa shape index (κ2) is 23.8. The van der Waals surface area contributed by atoms with E-state index in [1.807, 2.05) is 12.1 Å². The molecule has 3 aromatic heterocycles. The zero-order valence-electron chi connectivity index (χ0n) is 64.6. The first kappa shape index (κ1) is 68.8. The molecule has 2 N–H and O–H groups in total. The number of hydrogen-bond acceptors (Lipinski definition) is 4. The molecule has 8 bridgehead atoms. The summed E-state index contributed by atoms with van der Waals surface area (Å²) in [5.41, 5.74) is 25.8. The minimum Gasteiger partial charge on any atom is -0.354 e. The predicted octanol–water partition coefficient (Wildman–Crippen LogP) is 26.2. The van der Waals surface area contributed by atoms with Gasteiger partial charge in [-0.2, -0.15) is 0 Å². The Morgan fingerprint density at radius 2 is 0.602 bits per heavy atom. The van der Waals surface area contributed by atoms with E-state index in [2.05, 4.69) is 326 Å². The Kier molecular flexibility index (Phi) is 15.9. The predicted molar refractivity (Wildman–Crippen MR) is 440 cm³/mol. The van der Waals surface area contributed by atoms with E-state index in [4.69, 9.17) is 9.97 Å². The van der Waals surface area contributed by atoms with E-state index >= 15 is 9.59 Å². The second-order valence-corrected chi connectivity index (χ2v) is 36.4. The molecule has 0 saturated carbocycles. The van der Waals surface area contributed by atoms with Crippen molar-refractivity contribution in [1.29, 1.82) is 0 Å². The first-order valence-corrected chi connectivity index (χ1v) is 37.2. The molecule has 7 nitrogen and oxygen atoms in total. The third-order valence-electron chi connectivity index (χ3n) is 22.1. The zero-order chi connectivity index (χ0) is 73.4. The molecule has 0 spiro atoms. The van der Waals surface area contributed by atoms with Crippen molar-refractivity contribution >= 4 is 107 Å². The number of para-hydroxylation sites is 1. The largest absolute Gasteiger partial charge is 0.354 e. The second-order valence-electron chi connectivity index (χ2n) is 36.4. The average molecular weight is 1350 g/mol. The lowest BCUT2D eigenvalue weighted by Gasteiger charge is -2.32. The quantitative estimate of drug-likeness (QED) is 0.0944. The van der Waals surface area contributed by atoms with Crippen LogP contribution in [0.25, 0.3) is 134 Å². The number of nitrogens with one attached hydrogen (secondary N) is 2. The van der Waals surface area contributed by atoms with Crippen LogP contribution in [0.1, 0.15) is 252 Å². The summed E-state index contributed by atoms with van der Waals surface area (Å²) in [6, 6.07) is 56.1. The van der Waals surface area contributed by atoms with E-state index in [1.165, 1.54) is 38.3 Å². The number of aromatic amines is 2. The molecule has 9 aromatic carbocycles. The summed E-state index contributed by atoms with van der Waals surface area (Å²) in [5.74, 6) is -0.415. The monoisotopic (exact) mass is 1350 g/mol. The van der Waals surface area contributed by atoms with Crippen molar-refractivity contribution in [1.82, 2.24) is 19.9 Å². The van der Waals surface area contributed by atoms with E-state index < -0.39 is 0 Å². The summed E-state index contributed by atoms with van der Waals surface area (Å²) in [5, 5.41) is 7.86. The summed E-state index contributed by atoms with van der Waals surface area (Å²) >= 11 is 0. The van der Waals surface area contributed by atoms with E-state index in [-0.39, 0.29) is 56.1 Å². The van der Waals surface area contributed by atoms with Gasteiger partial charge in [-0.1, -0.05) is 268 Å². The molecule has 0 radical (unpaired) electrons. The van der Waals surface area contributed by atoms with Crippen molar-refractivity contribution in [2.45, 2.75) is 197 Å². The van der Waals surface area contributed by atoms with Crippen molar-refractivity contribution < 1.29 is 9.59 Å². The number of anilines is 1. The van der Waals surface area contributed by atoms with E-state index in [1.54, 1.807) is 0 Å². The van der Waals surface area contributed by atoms with Crippen molar-refractivity contribution in [3.05, 3.63) is 230 Å². The molecule has 0 saturated heterocycles. The molecule has 6 heterocycles. The summed E-state index contributed by atoms with van der Waals surface area (Å²) in [4.78, 5) is 52.4. The van der Waals surface area contributed by atoms with Gasteiger partial charge in [0.25, 0.3) is 11.8 Å². The summed E-state index contributed by atoms with van der Waals surface area (Å²) in [6.45, 7) is 50.1. The van der Waals surface area contributed by atoms with Crippen LogP contribution >= 0.6 is 0 Å². The minimum absolute atomic E-state index is 0.0851. The zero-order valence-corrected chi connectivity index (χ0v) is 64.6. The van der Waals surface area contributed by atoms with Crippen molar-refractivity contribution in [2.24, 2.45) is 0 Å². The fourth-order valence-corrected chi connectivity index (χ4v) is 16.0. The topological polar surface area (TPSA) is 94.7 Å². The van der Waals surface area contributed by atoms with Crippen molar-refractivity contribution in [3.63, 3.8) is 0 Å². The van der Waals surface area contributed by atoms with Gasteiger partial charge in [0.05, 0.1) is 28.5 Å². The SMILES string of the molecule is CC(C)c1cccc(C(C)C)c1N1C(=O)c2ccc3c4cccc5c(-c6c7nc(c(-c8cc(C(C)(C)C)cc(C(C)(C)C)c8)c8ccc([nH]8)c(-c8cc(C(C)(C)C)cc(C(C)(C)C)c8)c8nc(c(-c9cc(C(C)(C)C)cc(C(C)(C)C)c9)c9ccc6[nH]9)C=C8)C=C7)ccc(c6ccc(c2c36)C1=O)c54. The summed E-state index contributed by atoms with van der Waals surface area (Å²) in [7, 11) is 0. The molecule has 103 heavy (non-hydrogen) atoms. The number of hydrogen-bond donors (Lipinski definition) is 2. The first-order chi connectivity index (χ1) is 48.3. The highest BCUT2D eigenvalue weighted by Gasteiger charge is 2.39. The molecule has 0 atom stereocenters. The number of nitrogens with zero attached hydrogens (tertiary/aromatic N) is 3. The normalized spacial score (nSPS) is 14.0. The Labute approximate surface area is 609 Å². The van der Waals surface area contributed by atoms with E-state index in [0.29, 0.717) is 22.2 Å². The lowest BCUT2D eigenvalue weighted by atomic mass is 9.78. The van der Waals surface area contributed by atoms with Gasteiger partial charge in [0.2, 0.25) is 0 Å². The van der Waals surface area contributed by atoms with Crippen molar-refractivity contribution in [3.8, 4) is 44.5 Å². The summed E-state index contributed by atoms with van der Waals surface area (Å²) in [6.07, 6.45) is 8.93. The molecule has 3 aliphatic rings. The number of imide groups is 1. The van der Waals surface area contributed by atoms with Gasteiger partial charge in [-0.15, -0.1) is 0 Å².